The Kier molecular flexibility index (Phi) is 5.40. The van der Waals surface area contributed by atoms with Gasteiger partial charge in [-0.05, 0) is 47.2 Å². The molecule has 1 rings (SSSR count). The van der Waals surface area contributed by atoms with E-state index in [2.05, 4.69) is 27.3 Å². The zero-order valence-corrected chi connectivity index (χ0v) is 11.9. The zero-order valence-electron chi connectivity index (χ0n) is 9.72. The van der Waals surface area contributed by atoms with E-state index in [9.17, 15) is 9.59 Å². The van der Waals surface area contributed by atoms with Gasteiger partial charge >= 0.3 is 5.97 Å². The third kappa shape index (κ3) is 3.99. The number of rotatable bonds is 5. The molecule has 0 aliphatic heterocycles. The van der Waals surface area contributed by atoms with Crippen molar-refractivity contribution in [1.29, 1.82) is 0 Å². The molecule has 0 heterocycles. The molecule has 0 spiro atoms. The van der Waals surface area contributed by atoms with Crippen molar-refractivity contribution in [2.75, 3.05) is 13.7 Å². The van der Waals surface area contributed by atoms with Gasteiger partial charge in [-0.25, -0.2) is 0 Å². The number of halogens is 1. The largest absolute Gasteiger partial charge is 0.468 e. The fourth-order valence-electron chi connectivity index (χ4n) is 1.41. The molecule has 0 saturated carbocycles. The van der Waals surface area contributed by atoms with Crippen LogP contribution in [0.1, 0.15) is 18.5 Å². The van der Waals surface area contributed by atoms with E-state index < -0.39 is 5.97 Å². The highest BCUT2D eigenvalue weighted by Crippen LogP contribution is 2.19. The SMILES string of the molecule is COC(=O)CN(C=O)[C@@H](C)c1ccc(I)cc1. The average Bonchev–Trinajstić information content (AvgIpc) is 2.35. The quantitative estimate of drug-likeness (QED) is 0.465. The summed E-state index contributed by atoms with van der Waals surface area (Å²) in [5.74, 6) is -0.422. The van der Waals surface area contributed by atoms with Crippen LogP contribution in [0, 0.1) is 3.57 Å². The van der Waals surface area contributed by atoms with Gasteiger partial charge in [-0.1, -0.05) is 12.1 Å². The average molecular weight is 347 g/mol. The summed E-state index contributed by atoms with van der Waals surface area (Å²) in [5.41, 5.74) is 0.987. The molecule has 0 unspecified atom stereocenters. The minimum Gasteiger partial charge on any atom is -0.468 e. The molecule has 17 heavy (non-hydrogen) atoms. The molecule has 5 heteroatoms. The number of nitrogens with zero attached hydrogens (tertiary/aromatic N) is 1. The van der Waals surface area contributed by atoms with E-state index in [-0.39, 0.29) is 12.6 Å². The van der Waals surface area contributed by atoms with Crippen molar-refractivity contribution in [2.24, 2.45) is 0 Å². The molecule has 4 nitrogen and oxygen atoms in total. The molecule has 1 aromatic rings. The van der Waals surface area contributed by atoms with E-state index in [1.165, 1.54) is 12.0 Å². The summed E-state index contributed by atoms with van der Waals surface area (Å²) >= 11 is 2.22. The van der Waals surface area contributed by atoms with E-state index >= 15 is 0 Å². The predicted molar refractivity (Wildman–Crippen MR) is 72.4 cm³/mol. The topological polar surface area (TPSA) is 46.6 Å². The summed E-state index contributed by atoms with van der Waals surface area (Å²) < 4.78 is 5.68. The number of amides is 1. The van der Waals surface area contributed by atoms with Gasteiger partial charge in [-0.3, -0.25) is 9.59 Å². The number of hydrogen-bond acceptors (Lipinski definition) is 3. The second-order valence-electron chi connectivity index (χ2n) is 3.58. The molecule has 1 aromatic carbocycles. The normalized spacial score (nSPS) is 11.7. The van der Waals surface area contributed by atoms with Crippen LogP contribution in [0.25, 0.3) is 0 Å². The molecule has 0 aromatic heterocycles. The second-order valence-corrected chi connectivity index (χ2v) is 4.83. The van der Waals surface area contributed by atoms with Crippen molar-refractivity contribution < 1.29 is 14.3 Å². The lowest BCUT2D eigenvalue weighted by Gasteiger charge is -2.24. The molecule has 0 radical (unpaired) electrons. The summed E-state index contributed by atoms with van der Waals surface area (Å²) in [4.78, 5) is 23.5. The molecule has 1 amide bonds. The Labute approximate surface area is 114 Å². The van der Waals surface area contributed by atoms with Crippen molar-refractivity contribution in [1.82, 2.24) is 4.90 Å². The van der Waals surface area contributed by atoms with Crippen LogP contribution in [0.15, 0.2) is 24.3 Å². The van der Waals surface area contributed by atoms with E-state index in [0.29, 0.717) is 6.41 Å². The fraction of sp³-hybridized carbons (Fsp3) is 0.333. The number of methoxy groups -OCH3 is 1. The van der Waals surface area contributed by atoms with Gasteiger partial charge < -0.3 is 9.64 Å². The molecule has 1 atom stereocenters. The molecule has 0 fully saturated rings. The molecular formula is C12H14INO3. The van der Waals surface area contributed by atoms with Crippen molar-refractivity contribution in [3.8, 4) is 0 Å². The zero-order chi connectivity index (χ0) is 12.8. The van der Waals surface area contributed by atoms with Gasteiger partial charge in [-0.2, -0.15) is 0 Å². The van der Waals surface area contributed by atoms with Crippen LogP contribution >= 0.6 is 22.6 Å². The Hall–Kier alpha value is -1.11. The maximum absolute atomic E-state index is 11.1. The van der Waals surface area contributed by atoms with Gasteiger partial charge in [0.2, 0.25) is 6.41 Å². The van der Waals surface area contributed by atoms with Crippen molar-refractivity contribution in [3.63, 3.8) is 0 Å². The highest BCUT2D eigenvalue weighted by molar-refractivity contribution is 14.1. The van der Waals surface area contributed by atoms with Crippen LogP contribution in [-0.4, -0.2) is 30.9 Å². The van der Waals surface area contributed by atoms with Crippen molar-refractivity contribution >= 4 is 35.0 Å². The minimum absolute atomic E-state index is 0.0346. The predicted octanol–water partition coefficient (Wildman–Crippen LogP) is 1.98. The summed E-state index contributed by atoms with van der Waals surface area (Å²) in [7, 11) is 1.31. The van der Waals surface area contributed by atoms with Crippen LogP contribution in [0.3, 0.4) is 0 Å². The number of carbonyl (C=O) groups excluding carboxylic acids is 2. The first-order valence-electron chi connectivity index (χ1n) is 5.11. The second kappa shape index (κ2) is 6.58. The van der Waals surface area contributed by atoms with Gasteiger partial charge in [-0.15, -0.1) is 0 Å². The van der Waals surface area contributed by atoms with Gasteiger partial charge in [0.15, 0.2) is 0 Å². The van der Waals surface area contributed by atoms with E-state index in [0.717, 1.165) is 9.13 Å². The van der Waals surface area contributed by atoms with Crippen LogP contribution in [-0.2, 0) is 14.3 Å². The monoisotopic (exact) mass is 347 g/mol. The van der Waals surface area contributed by atoms with Gasteiger partial charge in [0.1, 0.15) is 6.54 Å². The lowest BCUT2D eigenvalue weighted by molar-refractivity contribution is -0.145. The Morgan fingerprint density at radius 1 is 1.47 bits per heavy atom. The highest BCUT2D eigenvalue weighted by atomic mass is 127. The maximum Gasteiger partial charge on any atom is 0.325 e. The number of hydrogen-bond donors (Lipinski definition) is 0. The Balaban J connectivity index is 2.78. The third-order valence-electron chi connectivity index (χ3n) is 2.52. The smallest absolute Gasteiger partial charge is 0.325 e. The van der Waals surface area contributed by atoms with E-state index in [4.69, 9.17) is 0 Å². The van der Waals surface area contributed by atoms with Crippen LogP contribution < -0.4 is 0 Å². The summed E-state index contributed by atoms with van der Waals surface area (Å²) in [6, 6.07) is 7.67. The van der Waals surface area contributed by atoms with Gasteiger partial charge in [0.25, 0.3) is 0 Å². The van der Waals surface area contributed by atoms with Crippen LogP contribution in [0.2, 0.25) is 0 Å². The number of benzene rings is 1. The maximum atomic E-state index is 11.1. The lowest BCUT2D eigenvalue weighted by atomic mass is 10.1. The Morgan fingerprint density at radius 2 is 2.06 bits per heavy atom. The Bertz CT molecular complexity index is 391. The minimum atomic E-state index is -0.422. The molecule has 0 N–H and O–H groups in total. The first-order valence-corrected chi connectivity index (χ1v) is 6.19. The summed E-state index contributed by atoms with van der Waals surface area (Å²) in [6.07, 6.45) is 0.666. The van der Waals surface area contributed by atoms with E-state index in [1.54, 1.807) is 0 Å². The first-order chi connectivity index (χ1) is 8.08. The molecule has 0 saturated heterocycles. The van der Waals surface area contributed by atoms with Gasteiger partial charge in [0.05, 0.1) is 13.2 Å². The van der Waals surface area contributed by atoms with Crippen LogP contribution in [0.5, 0.6) is 0 Å². The number of carbonyl (C=O) groups is 2. The lowest BCUT2D eigenvalue weighted by Crippen LogP contribution is -2.31. The Morgan fingerprint density at radius 3 is 2.53 bits per heavy atom. The first kappa shape index (κ1) is 14.0. The van der Waals surface area contributed by atoms with E-state index in [1.807, 2.05) is 31.2 Å². The molecule has 0 bridgehead atoms. The van der Waals surface area contributed by atoms with Crippen molar-refractivity contribution in [2.45, 2.75) is 13.0 Å². The summed E-state index contributed by atoms with van der Waals surface area (Å²) in [6.45, 7) is 1.84. The highest BCUT2D eigenvalue weighted by Gasteiger charge is 2.17. The number of esters is 1. The fourth-order valence-corrected chi connectivity index (χ4v) is 1.77. The molecule has 92 valence electrons. The molecular weight excluding hydrogens is 333 g/mol. The number of ether oxygens (including phenoxy) is 1. The molecule has 0 aliphatic rings. The van der Waals surface area contributed by atoms with Crippen LogP contribution in [0.4, 0.5) is 0 Å². The molecule has 0 aliphatic carbocycles. The summed E-state index contributed by atoms with van der Waals surface area (Å²) in [5, 5.41) is 0. The van der Waals surface area contributed by atoms with Gasteiger partial charge in [0, 0.05) is 3.57 Å². The third-order valence-corrected chi connectivity index (χ3v) is 3.24. The standard InChI is InChI=1S/C12H14INO3/c1-9(10-3-5-11(13)6-4-10)14(8-15)7-12(16)17-2/h3-6,8-9H,7H2,1-2H3/t9-/m0/s1. The van der Waals surface area contributed by atoms with Crippen molar-refractivity contribution in [3.05, 3.63) is 33.4 Å².